The number of nitrogens with zero attached hydrogens (tertiary/aromatic N) is 3. The van der Waals surface area contributed by atoms with Crippen molar-refractivity contribution in [2.75, 3.05) is 14.1 Å². The van der Waals surface area contributed by atoms with Gasteiger partial charge in [-0.2, -0.15) is 5.26 Å². The SMILES string of the molecule is C=C(c1ccc(C#N)cc1[N+](=O)[O-])N(C)C. The molecule has 0 aliphatic heterocycles. The first-order valence-electron chi connectivity index (χ1n) is 4.52. The average molecular weight is 217 g/mol. The van der Waals surface area contributed by atoms with Crippen LogP contribution in [0.25, 0.3) is 5.70 Å². The van der Waals surface area contributed by atoms with Gasteiger partial charge in [-0.05, 0) is 12.1 Å². The standard InChI is InChI=1S/C11H11N3O2/c1-8(13(2)3)10-5-4-9(7-12)6-11(10)14(15)16/h4-6H,1H2,2-3H3. The molecule has 0 radical (unpaired) electrons. The van der Waals surface area contributed by atoms with Crippen molar-refractivity contribution in [2.45, 2.75) is 0 Å². The second-order valence-corrected chi connectivity index (χ2v) is 3.44. The molecule has 0 heterocycles. The molecule has 0 atom stereocenters. The molecule has 5 heteroatoms. The Balaban J connectivity index is 3.35. The molecule has 5 nitrogen and oxygen atoms in total. The van der Waals surface area contributed by atoms with Gasteiger partial charge in [-0.3, -0.25) is 10.1 Å². The molecule has 0 bridgehead atoms. The first kappa shape index (κ1) is 11.7. The van der Waals surface area contributed by atoms with E-state index in [-0.39, 0.29) is 11.3 Å². The van der Waals surface area contributed by atoms with Crippen LogP contribution in [0.3, 0.4) is 0 Å². The van der Waals surface area contributed by atoms with E-state index in [0.29, 0.717) is 11.3 Å². The van der Waals surface area contributed by atoms with E-state index < -0.39 is 4.92 Å². The Morgan fingerprint density at radius 3 is 2.62 bits per heavy atom. The maximum atomic E-state index is 10.9. The molecular formula is C11H11N3O2. The number of hydrogen-bond donors (Lipinski definition) is 0. The minimum absolute atomic E-state index is 0.0993. The molecule has 0 saturated carbocycles. The van der Waals surface area contributed by atoms with Crippen molar-refractivity contribution in [3.63, 3.8) is 0 Å². The van der Waals surface area contributed by atoms with Crippen LogP contribution in [0, 0.1) is 21.4 Å². The quantitative estimate of drug-likeness (QED) is 0.573. The Morgan fingerprint density at radius 1 is 1.56 bits per heavy atom. The summed E-state index contributed by atoms with van der Waals surface area (Å²) in [6.45, 7) is 3.76. The summed E-state index contributed by atoms with van der Waals surface area (Å²) >= 11 is 0. The summed E-state index contributed by atoms with van der Waals surface area (Å²) in [7, 11) is 3.51. The first-order chi connectivity index (χ1) is 7.47. The van der Waals surface area contributed by atoms with Crippen molar-refractivity contribution in [1.82, 2.24) is 4.90 Å². The summed E-state index contributed by atoms with van der Waals surface area (Å²) in [6.07, 6.45) is 0. The zero-order chi connectivity index (χ0) is 12.3. The van der Waals surface area contributed by atoms with Gasteiger partial charge in [0.25, 0.3) is 5.69 Å². The lowest BCUT2D eigenvalue weighted by atomic mass is 10.1. The summed E-state index contributed by atoms with van der Waals surface area (Å²) in [5, 5.41) is 19.5. The van der Waals surface area contributed by atoms with Gasteiger partial charge in [-0.1, -0.05) is 6.58 Å². The average Bonchev–Trinajstić information content (AvgIpc) is 2.26. The highest BCUT2D eigenvalue weighted by molar-refractivity contribution is 5.70. The Labute approximate surface area is 93.4 Å². The van der Waals surface area contributed by atoms with Crippen LogP contribution in [-0.4, -0.2) is 23.9 Å². The number of nitriles is 1. The maximum Gasteiger partial charge on any atom is 0.279 e. The molecule has 0 unspecified atom stereocenters. The molecule has 0 saturated heterocycles. The van der Waals surface area contributed by atoms with E-state index >= 15 is 0 Å². The third-order valence-electron chi connectivity index (χ3n) is 2.17. The van der Waals surface area contributed by atoms with Gasteiger partial charge in [0.1, 0.15) is 0 Å². The zero-order valence-electron chi connectivity index (χ0n) is 9.10. The van der Waals surface area contributed by atoms with Crippen molar-refractivity contribution in [3.05, 3.63) is 46.0 Å². The van der Waals surface area contributed by atoms with Crippen molar-refractivity contribution >= 4 is 11.4 Å². The summed E-state index contributed by atoms with van der Waals surface area (Å²) in [6, 6.07) is 6.20. The molecule has 0 N–H and O–H groups in total. The molecule has 1 aromatic rings. The van der Waals surface area contributed by atoms with Crippen molar-refractivity contribution < 1.29 is 4.92 Å². The van der Waals surface area contributed by atoms with E-state index in [1.165, 1.54) is 12.1 Å². The van der Waals surface area contributed by atoms with Gasteiger partial charge in [-0.25, -0.2) is 0 Å². The molecule has 0 spiro atoms. The lowest BCUT2D eigenvalue weighted by Gasteiger charge is -2.15. The zero-order valence-corrected chi connectivity index (χ0v) is 9.10. The summed E-state index contributed by atoms with van der Waals surface area (Å²) < 4.78 is 0. The number of benzene rings is 1. The molecule has 16 heavy (non-hydrogen) atoms. The Bertz CT molecular complexity index is 486. The van der Waals surface area contributed by atoms with Crippen molar-refractivity contribution in [2.24, 2.45) is 0 Å². The van der Waals surface area contributed by atoms with Crippen LogP contribution in [0.2, 0.25) is 0 Å². The summed E-state index contributed by atoms with van der Waals surface area (Å²) in [4.78, 5) is 12.0. The fourth-order valence-corrected chi connectivity index (χ4v) is 1.24. The Hall–Kier alpha value is -2.35. The maximum absolute atomic E-state index is 10.9. The molecule has 0 fully saturated rings. The lowest BCUT2D eigenvalue weighted by molar-refractivity contribution is -0.385. The van der Waals surface area contributed by atoms with Gasteiger partial charge < -0.3 is 4.90 Å². The first-order valence-corrected chi connectivity index (χ1v) is 4.52. The van der Waals surface area contributed by atoms with Crippen LogP contribution >= 0.6 is 0 Å². The topological polar surface area (TPSA) is 70.2 Å². The van der Waals surface area contributed by atoms with Gasteiger partial charge in [0.15, 0.2) is 0 Å². The van der Waals surface area contributed by atoms with Crippen LogP contribution in [-0.2, 0) is 0 Å². The molecule has 0 aliphatic carbocycles. The number of nitro groups is 1. The summed E-state index contributed by atoms with van der Waals surface area (Å²) in [5.41, 5.74) is 1.13. The fourth-order valence-electron chi connectivity index (χ4n) is 1.24. The highest BCUT2D eigenvalue weighted by Gasteiger charge is 2.17. The third kappa shape index (κ3) is 2.17. The van der Waals surface area contributed by atoms with Gasteiger partial charge in [0.05, 0.1) is 22.1 Å². The molecule has 82 valence electrons. The third-order valence-corrected chi connectivity index (χ3v) is 2.17. The highest BCUT2D eigenvalue weighted by atomic mass is 16.6. The Kier molecular flexibility index (Phi) is 3.26. The molecule has 0 aliphatic rings. The van der Waals surface area contributed by atoms with Crippen LogP contribution in [0.5, 0.6) is 0 Å². The second-order valence-electron chi connectivity index (χ2n) is 3.44. The van der Waals surface area contributed by atoms with Crippen molar-refractivity contribution in [1.29, 1.82) is 5.26 Å². The Morgan fingerprint density at radius 2 is 2.19 bits per heavy atom. The predicted octanol–water partition coefficient (Wildman–Crippen LogP) is 2.00. The number of hydrogen-bond acceptors (Lipinski definition) is 4. The summed E-state index contributed by atoms with van der Waals surface area (Å²) in [5.74, 6) is 0. The second kappa shape index (κ2) is 4.45. The molecule has 0 amide bonds. The van der Waals surface area contributed by atoms with E-state index in [2.05, 4.69) is 6.58 Å². The van der Waals surface area contributed by atoms with E-state index in [1.807, 2.05) is 6.07 Å². The van der Waals surface area contributed by atoms with Crippen LogP contribution < -0.4 is 0 Å². The van der Waals surface area contributed by atoms with E-state index in [4.69, 9.17) is 5.26 Å². The van der Waals surface area contributed by atoms with E-state index in [9.17, 15) is 10.1 Å². The number of nitro benzene ring substituents is 1. The van der Waals surface area contributed by atoms with Gasteiger partial charge in [0, 0.05) is 25.9 Å². The van der Waals surface area contributed by atoms with Crippen LogP contribution in [0.4, 0.5) is 5.69 Å². The van der Waals surface area contributed by atoms with E-state index in [0.717, 1.165) is 0 Å². The largest absolute Gasteiger partial charge is 0.377 e. The molecular weight excluding hydrogens is 206 g/mol. The van der Waals surface area contributed by atoms with Gasteiger partial charge in [0.2, 0.25) is 0 Å². The monoisotopic (exact) mass is 217 g/mol. The minimum atomic E-state index is -0.509. The molecule has 1 rings (SSSR count). The van der Waals surface area contributed by atoms with Crippen LogP contribution in [0.1, 0.15) is 11.1 Å². The number of rotatable bonds is 3. The fraction of sp³-hybridized carbons (Fsp3) is 0.182. The molecule has 0 aromatic heterocycles. The van der Waals surface area contributed by atoms with Crippen LogP contribution in [0.15, 0.2) is 24.8 Å². The van der Waals surface area contributed by atoms with Gasteiger partial charge in [-0.15, -0.1) is 0 Å². The van der Waals surface area contributed by atoms with Crippen molar-refractivity contribution in [3.8, 4) is 6.07 Å². The highest BCUT2D eigenvalue weighted by Crippen LogP contribution is 2.26. The molecule has 1 aromatic carbocycles. The van der Waals surface area contributed by atoms with Gasteiger partial charge >= 0.3 is 0 Å². The van der Waals surface area contributed by atoms with E-state index in [1.54, 1.807) is 25.1 Å². The minimum Gasteiger partial charge on any atom is -0.377 e. The normalized spacial score (nSPS) is 9.31. The smallest absolute Gasteiger partial charge is 0.279 e. The lowest BCUT2D eigenvalue weighted by Crippen LogP contribution is -2.10. The predicted molar refractivity (Wildman–Crippen MR) is 60.5 cm³/mol.